The molecule has 0 atom stereocenters. The third-order valence-electron chi connectivity index (χ3n) is 2.17. The molecule has 0 saturated heterocycles. The Labute approximate surface area is 101 Å². The molecule has 0 radical (unpaired) electrons. The Balaban J connectivity index is 1.95. The first-order valence-electron chi connectivity index (χ1n) is 4.93. The molecule has 5 heteroatoms. The van der Waals surface area contributed by atoms with E-state index in [0.29, 0.717) is 11.7 Å². The lowest BCUT2D eigenvalue weighted by Crippen LogP contribution is -2.03. The van der Waals surface area contributed by atoms with Crippen LogP contribution in [0.5, 0.6) is 0 Å². The van der Waals surface area contributed by atoms with Crippen LogP contribution in [0.15, 0.2) is 51.0 Å². The fraction of sp³-hybridized carbons (Fsp3) is 0. The summed E-state index contributed by atoms with van der Waals surface area (Å²) >= 11 is 1.47. The molecule has 0 N–H and O–H groups in total. The first-order chi connectivity index (χ1) is 8.33. The SMILES string of the molecule is O=C1OC(c2cccs2)=N/C1=C/c1ccco1. The normalized spacial score (nSPS) is 17.3. The summed E-state index contributed by atoms with van der Waals surface area (Å²) in [5.41, 5.74) is 0.253. The molecule has 4 nitrogen and oxygen atoms in total. The summed E-state index contributed by atoms with van der Waals surface area (Å²) in [4.78, 5) is 16.5. The second-order valence-corrected chi connectivity index (χ2v) is 4.28. The van der Waals surface area contributed by atoms with Crippen LogP contribution in [-0.4, -0.2) is 11.9 Å². The highest BCUT2D eigenvalue weighted by Gasteiger charge is 2.24. The van der Waals surface area contributed by atoms with E-state index >= 15 is 0 Å². The Morgan fingerprint density at radius 2 is 2.24 bits per heavy atom. The van der Waals surface area contributed by atoms with Gasteiger partial charge in [-0.1, -0.05) is 6.07 Å². The van der Waals surface area contributed by atoms with E-state index in [1.54, 1.807) is 18.2 Å². The van der Waals surface area contributed by atoms with E-state index in [4.69, 9.17) is 9.15 Å². The van der Waals surface area contributed by atoms with Gasteiger partial charge in [-0.15, -0.1) is 11.3 Å². The molecule has 3 heterocycles. The van der Waals surface area contributed by atoms with E-state index in [9.17, 15) is 4.79 Å². The molecular weight excluding hydrogens is 238 g/mol. The van der Waals surface area contributed by atoms with Crippen LogP contribution in [0.3, 0.4) is 0 Å². The molecule has 1 aliphatic rings. The van der Waals surface area contributed by atoms with Crippen LogP contribution in [0.4, 0.5) is 0 Å². The lowest BCUT2D eigenvalue weighted by molar-refractivity contribution is -0.129. The summed E-state index contributed by atoms with van der Waals surface area (Å²) < 4.78 is 10.2. The predicted octanol–water partition coefficient (Wildman–Crippen LogP) is 2.69. The maximum absolute atomic E-state index is 11.6. The number of carbonyl (C=O) groups excluding carboxylic acids is 1. The van der Waals surface area contributed by atoms with Gasteiger partial charge in [0.05, 0.1) is 11.1 Å². The van der Waals surface area contributed by atoms with Crippen LogP contribution in [0, 0.1) is 0 Å². The van der Waals surface area contributed by atoms with E-state index < -0.39 is 5.97 Å². The molecule has 0 spiro atoms. The first kappa shape index (κ1) is 10.0. The molecule has 17 heavy (non-hydrogen) atoms. The third-order valence-corrected chi connectivity index (χ3v) is 3.03. The summed E-state index contributed by atoms with van der Waals surface area (Å²) in [7, 11) is 0. The first-order valence-corrected chi connectivity index (χ1v) is 5.81. The molecule has 0 fully saturated rings. The number of hydrogen-bond donors (Lipinski definition) is 0. The Kier molecular flexibility index (Phi) is 2.38. The molecule has 84 valence electrons. The Morgan fingerprint density at radius 3 is 2.94 bits per heavy atom. The quantitative estimate of drug-likeness (QED) is 0.603. The van der Waals surface area contributed by atoms with E-state index in [1.165, 1.54) is 17.6 Å². The van der Waals surface area contributed by atoms with Crippen molar-refractivity contribution in [3.05, 3.63) is 52.2 Å². The maximum atomic E-state index is 11.6. The minimum atomic E-state index is -0.454. The molecule has 0 amide bonds. The van der Waals surface area contributed by atoms with Crippen LogP contribution in [-0.2, 0) is 9.53 Å². The highest BCUT2D eigenvalue weighted by Crippen LogP contribution is 2.21. The van der Waals surface area contributed by atoms with Crippen LogP contribution in [0.1, 0.15) is 10.6 Å². The van der Waals surface area contributed by atoms with Gasteiger partial charge in [0.2, 0.25) is 5.90 Å². The second kappa shape index (κ2) is 4.03. The molecule has 2 aromatic rings. The molecule has 0 saturated carbocycles. The van der Waals surface area contributed by atoms with Crippen LogP contribution in [0.25, 0.3) is 6.08 Å². The monoisotopic (exact) mass is 245 g/mol. The molecular formula is C12H7NO3S. The number of cyclic esters (lactones) is 1. The molecule has 3 rings (SSSR count). The summed E-state index contributed by atoms with van der Waals surface area (Å²) in [5, 5.41) is 1.90. The molecule has 1 aliphatic heterocycles. The van der Waals surface area contributed by atoms with Crippen molar-refractivity contribution in [2.75, 3.05) is 0 Å². The van der Waals surface area contributed by atoms with Crippen molar-refractivity contribution in [3.63, 3.8) is 0 Å². The average Bonchev–Trinajstić information content (AvgIpc) is 3.02. The van der Waals surface area contributed by atoms with Gasteiger partial charge in [0.25, 0.3) is 0 Å². The van der Waals surface area contributed by atoms with Gasteiger partial charge in [-0.05, 0) is 23.6 Å². The molecule has 0 aromatic carbocycles. The lowest BCUT2D eigenvalue weighted by Gasteiger charge is -1.92. The predicted molar refractivity (Wildman–Crippen MR) is 63.6 cm³/mol. The molecule has 0 aliphatic carbocycles. The van der Waals surface area contributed by atoms with Crippen molar-refractivity contribution in [2.45, 2.75) is 0 Å². The Morgan fingerprint density at radius 1 is 1.29 bits per heavy atom. The van der Waals surface area contributed by atoms with Gasteiger partial charge in [-0.25, -0.2) is 9.79 Å². The van der Waals surface area contributed by atoms with Gasteiger partial charge in [0, 0.05) is 6.08 Å². The number of esters is 1. The van der Waals surface area contributed by atoms with Crippen LogP contribution in [0.2, 0.25) is 0 Å². The van der Waals surface area contributed by atoms with Crippen LogP contribution < -0.4 is 0 Å². The van der Waals surface area contributed by atoms with E-state index in [-0.39, 0.29) is 5.70 Å². The van der Waals surface area contributed by atoms with Gasteiger partial charge in [0.15, 0.2) is 5.70 Å². The maximum Gasteiger partial charge on any atom is 0.363 e. The van der Waals surface area contributed by atoms with Crippen molar-refractivity contribution in [3.8, 4) is 0 Å². The van der Waals surface area contributed by atoms with Crippen molar-refractivity contribution in [1.82, 2.24) is 0 Å². The van der Waals surface area contributed by atoms with Crippen molar-refractivity contribution >= 4 is 29.3 Å². The standard InChI is InChI=1S/C12H7NO3S/c14-12-9(7-8-3-1-5-15-8)13-11(16-12)10-4-2-6-17-10/h1-7H/b9-7+. The number of carbonyl (C=O) groups is 1. The lowest BCUT2D eigenvalue weighted by atomic mass is 10.3. The van der Waals surface area contributed by atoms with Crippen LogP contribution >= 0.6 is 11.3 Å². The van der Waals surface area contributed by atoms with E-state index in [2.05, 4.69) is 4.99 Å². The fourth-order valence-corrected chi connectivity index (χ4v) is 2.07. The minimum Gasteiger partial charge on any atom is -0.465 e. The Bertz CT molecular complexity index is 594. The van der Waals surface area contributed by atoms with Crippen molar-refractivity contribution < 1.29 is 13.9 Å². The summed E-state index contributed by atoms with van der Waals surface area (Å²) in [6, 6.07) is 7.23. The zero-order valence-electron chi connectivity index (χ0n) is 8.62. The second-order valence-electron chi connectivity index (χ2n) is 3.33. The average molecular weight is 245 g/mol. The molecule has 0 unspecified atom stereocenters. The van der Waals surface area contributed by atoms with Crippen molar-refractivity contribution in [2.24, 2.45) is 4.99 Å². The number of aliphatic imine (C=N–C) groups is 1. The zero-order valence-corrected chi connectivity index (χ0v) is 9.44. The highest BCUT2D eigenvalue weighted by atomic mass is 32.1. The third kappa shape index (κ3) is 1.92. The van der Waals surface area contributed by atoms with E-state index in [1.807, 2.05) is 17.5 Å². The van der Waals surface area contributed by atoms with Gasteiger partial charge < -0.3 is 9.15 Å². The number of nitrogens with zero attached hydrogens (tertiary/aromatic N) is 1. The highest BCUT2D eigenvalue weighted by molar-refractivity contribution is 7.12. The number of rotatable bonds is 2. The summed E-state index contributed by atoms with van der Waals surface area (Å²) in [5.74, 6) is 0.473. The topological polar surface area (TPSA) is 51.8 Å². The van der Waals surface area contributed by atoms with Gasteiger partial charge >= 0.3 is 5.97 Å². The number of hydrogen-bond acceptors (Lipinski definition) is 5. The molecule has 2 aromatic heterocycles. The largest absolute Gasteiger partial charge is 0.465 e. The van der Waals surface area contributed by atoms with Gasteiger partial charge in [0.1, 0.15) is 5.76 Å². The van der Waals surface area contributed by atoms with Gasteiger partial charge in [-0.2, -0.15) is 0 Å². The molecule has 0 bridgehead atoms. The fourth-order valence-electron chi connectivity index (χ4n) is 1.42. The number of thiophene rings is 1. The van der Waals surface area contributed by atoms with E-state index in [0.717, 1.165) is 4.88 Å². The summed E-state index contributed by atoms with van der Waals surface area (Å²) in [6.07, 6.45) is 3.10. The number of furan rings is 1. The number of ether oxygens (including phenoxy) is 1. The van der Waals surface area contributed by atoms with Crippen molar-refractivity contribution in [1.29, 1.82) is 0 Å². The van der Waals surface area contributed by atoms with Gasteiger partial charge in [-0.3, -0.25) is 0 Å². The Hall–Kier alpha value is -2.14. The summed E-state index contributed by atoms with van der Waals surface area (Å²) in [6.45, 7) is 0. The smallest absolute Gasteiger partial charge is 0.363 e. The minimum absolute atomic E-state index is 0.253. The zero-order chi connectivity index (χ0) is 11.7.